The van der Waals surface area contributed by atoms with Crippen molar-refractivity contribution in [3.63, 3.8) is 0 Å². The Hall–Kier alpha value is -0.930. The van der Waals surface area contributed by atoms with Crippen molar-refractivity contribution in [2.45, 2.75) is 50.7 Å². The number of nitrogens with one attached hydrogen (secondary N) is 1. The minimum Gasteiger partial charge on any atom is -0.377 e. The number of halogens is 1. The van der Waals surface area contributed by atoms with Crippen molar-refractivity contribution in [3.05, 3.63) is 35.6 Å². The fraction of sp³-hybridized carbons (Fsp3) is 0.625. The lowest BCUT2D eigenvalue weighted by atomic mass is 9.72. The Morgan fingerprint density at radius 3 is 2.47 bits per heavy atom. The molecule has 1 aromatic carbocycles. The predicted octanol–water partition coefficient (Wildman–Crippen LogP) is 3.31. The standard InChI is InChI=1S/C16H24FNO/c1-3-11-18-15(16(19-2)9-4-10-16)12-13-5-7-14(17)8-6-13/h5-8,15,18H,3-4,9-12H2,1-2H3. The number of hydrogen-bond donors (Lipinski definition) is 1. The lowest BCUT2D eigenvalue weighted by Gasteiger charge is -2.47. The highest BCUT2D eigenvalue weighted by Gasteiger charge is 2.43. The summed E-state index contributed by atoms with van der Waals surface area (Å²) in [7, 11) is 1.81. The van der Waals surface area contributed by atoms with Crippen LogP contribution in [0, 0.1) is 5.82 Å². The van der Waals surface area contributed by atoms with Crippen LogP contribution in [0.3, 0.4) is 0 Å². The molecular weight excluding hydrogens is 241 g/mol. The van der Waals surface area contributed by atoms with E-state index in [0.717, 1.165) is 32.2 Å². The second kappa shape index (κ2) is 6.49. The molecule has 0 saturated heterocycles. The topological polar surface area (TPSA) is 21.3 Å². The van der Waals surface area contributed by atoms with Gasteiger partial charge in [0.05, 0.1) is 5.60 Å². The summed E-state index contributed by atoms with van der Waals surface area (Å²) >= 11 is 0. The SMILES string of the molecule is CCCNC(Cc1ccc(F)cc1)C1(OC)CCC1. The maximum absolute atomic E-state index is 13.0. The second-order valence-electron chi connectivity index (χ2n) is 5.46. The zero-order valence-electron chi connectivity index (χ0n) is 11.9. The first-order valence-corrected chi connectivity index (χ1v) is 7.23. The van der Waals surface area contributed by atoms with Gasteiger partial charge in [-0.25, -0.2) is 4.39 Å². The van der Waals surface area contributed by atoms with Gasteiger partial charge in [-0.05, 0) is 56.3 Å². The average molecular weight is 265 g/mol. The van der Waals surface area contributed by atoms with E-state index in [2.05, 4.69) is 12.2 Å². The highest BCUT2D eigenvalue weighted by atomic mass is 19.1. The fourth-order valence-electron chi connectivity index (χ4n) is 2.84. The van der Waals surface area contributed by atoms with Gasteiger partial charge >= 0.3 is 0 Å². The van der Waals surface area contributed by atoms with Crippen LogP contribution >= 0.6 is 0 Å². The first-order valence-electron chi connectivity index (χ1n) is 7.23. The maximum atomic E-state index is 13.0. The first-order chi connectivity index (χ1) is 9.20. The van der Waals surface area contributed by atoms with Gasteiger partial charge in [-0.1, -0.05) is 19.1 Å². The van der Waals surface area contributed by atoms with Crippen LogP contribution in [-0.4, -0.2) is 25.3 Å². The van der Waals surface area contributed by atoms with Gasteiger partial charge in [-0.3, -0.25) is 0 Å². The number of rotatable bonds is 7. The van der Waals surface area contributed by atoms with Crippen molar-refractivity contribution in [2.75, 3.05) is 13.7 Å². The molecule has 2 nitrogen and oxygen atoms in total. The Kier molecular flexibility index (Phi) is 4.94. The van der Waals surface area contributed by atoms with E-state index in [9.17, 15) is 4.39 Å². The lowest BCUT2D eigenvalue weighted by Crippen LogP contribution is -2.57. The van der Waals surface area contributed by atoms with E-state index in [1.165, 1.54) is 24.1 Å². The molecule has 1 saturated carbocycles. The molecule has 0 bridgehead atoms. The van der Waals surface area contributed by atoms with Gasteiger partial charge < -0.3 is 10.1 Å². The third kappa shape index (κ3) is 3.34. The van der Waals surface area contributed by atoms with E-state index in [4.69, 9.17) is 4.74 Å². The summed E-state index contributed by atoms with van der Waals surface area (Å²) in [6, 6.07) is 7.13. The summed E-state index contributed by atoms with van der Waals surface area (Å²) in [4.78, 5) is 0. The highest BCUT2D eigenvalue weighted by Crippen LogP contribution is 2.39. The molecule has 3 heteroatoms. The van der Waals surface area contributed by atoms with E-state index < -0.39 is 0 Å². The predicted molar refractivity (Wildman–Crippen MR) is 75.8 cm³/mol. The van der Waals surface area contributed by atoms with E-state index in [1.807, 2.05) is 19.2 Å². The third-order valence-corrected chi connectivity index (χ3v) is 4.24. The Labute approximate surface area is 115 Å². The quantitative estimate of drug-likeness (QED) is 0.816. The first kappa shape index (κ1) is 14.5. The van der Waals surface area contributed by atoms with Crippen molar-refractivity contribution < 1.29 is 9.13 Å². The molecular formula is C16H24FNO. The van der Waals surface area contributed by atoms with E-state index in [1.54, 1.807) is 0 Å². The summed E-state index contributed by atoms with van der Waals surface area (Å²) in [5.74, 6) is -0.174. The molecule has 0 aromatic heterocycles. The Balaban J connectivity index is 2.06. The summed E-state index contributed by atoms with van der Waals surface area (Å²) in [6.07, 6.45) is 5.48. The number of ether oxygens (including phenoxy) is 1. The van der Waals surface area contributed by atoms with Crippen molar-refractivity contribution in [1.29, 1.82) is 0 Å². The van der Waals surface area contributed by atoms with Crippen LogP contribution in [0.15, 0.2) is 24.3 Å². The summed E-state index contributed by atoms with van der Waals surface area (Å²) < 4.78 is 18.8. The van der Waals surface area contributed by atoms with Crippen LogP contribution in [-0.2, 0) is 11.2 Å². The Bertz CT molecular complexity index is 381. The molecule has 1 aliphatic rings. The van der Waals surface area contributed by atoms with Gasteiger partial charge in [0.15, 0.2) is 0 Å². The minimum atomic E-state index is -0.174. The molecule has 2 rings (SSSR count). The Morgan fingerprint density at radius 2 is 2.00 bits per heavy atom. The third-order valence-electron chi connectivity index (χ3n) is 4.24. The van der Waals surface area contributed by atoms with Crippen LogP contribution in [0.4, 0.5) is 4.39 Å². The van der Waals surface area contributed by atoms with Gasteiger partial charge in [0.2, 0.25) is 0 Å². The number of benzene rings is 1. The molecule has 0 radical (unpaired) electrons. The summed E-state index contributed by atoms with van der Waals surface area (Å²) in [5.41, 5.74) is 1.14. The van der Waals surface area contributed by atoms with Crippen LogP contribution < -0.4 is 5.32 Å². The number of methoxy groups -OCH3 is 1. The van der Waals surface area contributed by atoms with Crippen LogP contribution in [0.1, 0.15) is 38.2 Å². The second-order valence-corrected chi connectivity index (χ2v) is 5.46. The van der Waals surface area contributed by atoms with E-state index in [0.29, 0.717) is 6.04 Å². The van der Waals surface area contributed by atoms with Gasteiger partial charge in [0, 0.05) is 13.2 Å². The van der Waals surface area contributed by atoms with Gasteiger partial charge in [0.25, 0.3) is 0 Å². The zero-order valence-corrected chi connectivity index (χ0v) is 11.9. The molecule has 1 aliphatic carbocycles. The molecule has 0 spiro atoms. The summed E-state index contributed by atoms with van der Waals surface area (Å²) in [6.45, 7) is 3.17. The van der Waals surface area contributed by atoms with Gasteiger partial charge in [-0.2, -0.15) is 0 Å². The van der Waals surface area contributed by atoms with Crippen molar-refractivity contribution in [2.24, 2.45) is 0 Å². The molecule has 1 fully saturated rings. The molecule has 1 N–H and O–H groups in total. The van der Waals surface area contributed by atoms with Gasteiger partial charge in [0.1, 0.15) is 5.82 Å². The highest BCUT2D eigenvalue weighted by molar-refractivity contribution is 5.19. The molecule has 0 aliphatic heterocycles. The normalized spacial score (nSPS) is 18.9. The van der Waals surface area contributed by atoms with Gasteiger partial charge in [-0.15, -0.1) is 0 Å². The lowest BCUT2D eigenvalue weighted by molar-refractivity contribution is -0.0980. The molecule has 0 amide bonds. The fourth-order valence-corrected chi connectivity index (χ4v) is 2.84. The van der Waals surface area contributed by atoms with E-state index in [-0.39, 0.29) is 11.4 Å². The molecule has 1 atom stereocenters. The summed E-state index contributed by atoms with van der Waals surface area (Å²) in [5, 5.41) is 3.61. The van der Waals surface area contributed by atoms with Crippen LogP contribution in [0.25, 0.3) is 0 Å². The largest absolute Gasteiger partial charge is 0.377 e. The molecule has 1 aromatic rings. The molecule has 19 heavy (non-hydrogen) atoms. The van der Waals surface area contributed by atoms with Crippen molar-refractivity contribution in [3.8, 4) is 0 Å². The van der Waals surface area contributed by atoms with Crippen molar-refractivity contribution >= 4 is 0 Å². The van der Waals surface area contributed by atoms with Crippen LogP contribution in [0.2, 0.25) is 0 Å². The van der Waals surface area contributed by atoms with E-state index >= 15 is 0 Å². The zero-order chi connectivity index (χ0) is 13.7. The maximum Gasteiger partial charge on any atom is 0.123 e. The number of hydrogen-bond acceptors (Lipinski definition) is 2. The minimum absolute atomic E-state index is 0.0242. The van der Waals surface area contributed by atoms with Crippen molar-refractivity contribution in [1.82, 2.24) is 5.32 Å². The van der Waals surface area contributed by atoms with Crippen LogP contribution in [0.5, 0.6) is 0 Å². The Morgan fingerprint density at radius 1 is 1.32 bits per heavy atom. The molecule has 106 valence electrons. The smallest absolute Gasteiger partial charge is 0.123 e. The average Bonchev–Trinajstić information content (AvgIpc) is 2.37. The monoisotopic (exact) mass is 265 g/mol. The molecule has 1 unspecified atom stereocenters. The molecule has 0 heterocycles.